The predicted molar refractivity (Wildman–Crippen MR) is 193 cm³/mol. The van der Waals surface area contributed by atoms with Crippen molar-refractivity contribution >= 4 is 10.8 Å². The molecule has 0 aliphatic rings. The Kier molecular flexibility index (Phi) is 11.6. The standard InChI is InChI=1S/C21H24N2O.C21H22N.Ir/c1-14(2)16-9-7-10-17(15(3)4)20(16)23-13-12-22-21(23)18-8-5-6-11-19(18)24;1-13(2)18-6-7-20-19(16(18)5)8-9-22-21(20)17-11-14(3)10-15(4)12-17;/h5-15,24H,1-4H3;6-11,13H,1-5H3;/q;-1;. The first-order valence-corrected chi connectivity index (χ1v) is 16.3. The van der Waals surface area contributed by atoms with E-state index in [9.17, 15) is 5.11 Å². The molecule has 0 saturated carbocycles. The Morgan fingerprint density at radius 2 is 1.34 bits per heavy atom. The second-order valence-corrected chi connectivity index (χ2v) is 13.2. The van der Waals surface area contributed by atoms with Gasteiger partial charge < -0.3 is 10.1 Å². The summed E-state index contributed by atoms with van der Waals surface area (Å²) in [6.45, 7) is 19.7. The van der Waals surface area contributed by atoms with E-state index in [0.717, 1.165) is 28.2 Å². The molecule has 6 aromatic rings. The van der Waals surface area contributed by atoms with Crippen LogP contribution < -0.4 is 0 Å². The monoisotopic (exact) mass is 801 g/mol. The maximum absolute atomic E-state index is 10.3. The first kappa shape index (κ1) is 35.8. The first-order chi connectivity index (χ1) is 22.0. The third kappa shape index (κ3) is 7.59. The summed E-state index contributed by atoms with van der Waals surface area (Å²) in [4.78, 5) is 9.17. The van der Waals surface area contributed by atoms with Gasteiger partial charge in [-0.15, -0.1) is 34.9 Å². The maximum atomic E-state index is 10.3. The van der Waals surface area contributed by atoms with Crippen molar-refractivity contribution < 1.29 is 25.2 Å². The third-order valence-corrected chi connectivity index (χ3v) is 8.65. The Morgan fingerprint density at radius 3 is 1.96 bits per heavy atom. The number of para-hydroxylation sites is 2. The van der Waals surface area contributed by atoms with E-state index in [1.54, 1.807) is 12.3 Å². The summed E-state index contributed by atoms with van der Waals surface area (Å²) in [5.41, 5.74) is 11.8. The number of aryl methyl sites for hydroxylation is 3. The number of aromatic nitrogens is 3. The van der Waals surface area contributed by atoms with Crippen LogP contribution in [0.4, 0.5) is 0 Å². The first-order valence-electron chi connectivity index (χ1n) is 16.3. The van der Waals surface area contributed by atoms with Gasteiger partial charge in [0.25, 0.3) is 0 Å². The molecule has 4 nitrogen and oxygen atoms in total. The number of phenolic OH excluding ortho intramolecular Hbond substituents is 1. The SMILES string of the molecule is CC(C)c1cccc(C(C)C)c1-n1ccnc1-c1ccccc1O.Cc1[c-]c(-c2nccc3c(C)c(C(C)C)ccc23)cc(C)c1.[Ir]. The summed E-state index contributed by atoms with van der Waals surface area (Å²) >= 11 is 0. The molecule has 2 aromatic heterocycles. The van der Waals surface area contributed by atoms with Crippen molar-refractivity contribution in [1.82, 2.24) is 14.5 Å². The van der Waals surface area contributed by atoms with Crippen LogP contribution in [0.2, 0.25) is 0 Å². The van der Waals surface area contributed by atoms with E-state index in [4.69, 9.17) is 0 Å². The molecule has 0 spiro atoms. The van der Waals surface area contributed by atoms with E-state index in [-0.39, 0.29) is 25.9 Å². The fourth-order valence-electron chi connectivity index (χ4n) is 6.42. The number of rotatable bonds is 6. The Morgan fingerprint density at radius 1 is 0.681 bits per heavy atom. The summed E-state index contributed by atoms with van der Waals surface area (Å²) in [5, 5.41) is 12.8. The van der Waals surface area contributed by atoms with Gasteiger partial charge in [0, 0.05) is 38.7 Å². The van der Waals surface area contributed by atoms with Crippen molar-refractivity contribution in [2.24, 2.45) is 0 Å². The summed E-state index contributed by atoms with van der Waals surface area (Å²) in [6, 6.07) is 28.2. The number of pyridine rings is 1. The van der Waals surface area contributed by atoms with Gasteiger partial charge in [-0.3, -0.25) is 4.57 Å². The van der Waals surface area contributed by atoms with E-state index >= 15 is 0 Å². The molecule has 2 heterocycles. The van der Waals surface area contributed by atoms with Crippen molar-refractivity contribution in [3.05, 3.63) is 131 Å². The molecule has 6 rings (SSSR count). The molecule has 47 heavy (non-hydrogen) atoms. The van der Waals surface area contributed by atoms with Crippen LogP contribution in [0.3, 0.4) is 0 Å². The van der Waals surface area contributed by atoms with Crippen LogP contribution in [0, 0.1) is 26.8 Å². The van der Waals surface area contributed by atoms with Gasteiger partial charge in [-0.05, 0) is 81.6 Å². The van der Waals surface area contributed by atoms with Gasteiger partial charge in [0.15, 0.2) is 0 Å². The van der Waals surface area contributed by atoms with Gasteiger partial charge in [0.05, 0.1) is 11.3 Å². The van der Waals surface area contributed by atoms with E-state index in [2.05, 4.69) is 131 Å². The Hall–Kier alpha value is -4.05. The molecule has 0 bridgehead atoms. The number of benzene rings is 4. The van der Waals surface area contributed by atoms with Crippen LogP contribution in [-0.2, 0) is 20.1 Å². The molecule has 4 aromatic carbocycles. The molecule has 0 aliphatic carbocycles. The molecule has 0 unspecified atom stereocenters. The number of phenols is 1. The minimum atomic E-state index is 0. The molecular weight excluding hydrogens is 755 g/mol. The fourth-order valence-corrected chi connectivity index (χ4v) is 6.42. The van der Waals surface area contributed by atoms with Crippen molar-refractivity contribution in [1.29, 1.82) is 0 Å². The second-order valence-electron chi connectivity index (χ2n) is 13.2. The Balaban J connectivity index is 0.000000209. The van der Waals surface area contributed by atoms with Crippen molar-refractivity contribution in [2.45, 2.75) is 80.1 Å². The molecule has 0 saturated heterocycles. The van der Waals surface area contributed by atoms with Crippen LogP contribution in [0.5, 0.6) is 5.75 Å². The van der Waals surface area contributed by atoms with Crippen molar-refractivity contribution in [2.75, 3.05) is 0 Å². The van der Waals surface area contributed by atoms with Gasteiger partial charge in [-0.25, -0.2) is 4.98 Å². The average molecular weight is 801 g/mol. The summed E-state index contributed by atoms with van der Waals surface area (Å²) in [5.74, 6) is 2.35. The number of hydrogen-bond acceptors (Lipinski definition) is 3. The van der Waals surface area contributed by atoms with Gasteiger partial charge in [-0.1, -0.05) is 97.9 Å². The Labute approximate surface area is 294 Å². The van der Waals surface area contributed by atoms with E-state index < -0.39 is 0 Å². The molecule has 1 radical (unpaired) electrons. The van der Waals surface area contributed by atoms with Crippen LogP contribution in [0.1, 0.15) is 92.7 Å². The van der Waals surface area contributed by atoms with Crippen molar-refractivity contribution in [3.8, 4) is 34.1 Å². The van der Waals surface area contributed by atoms with Gasteiger partial charge in [-0.2, -0.15) is 0 Å². The molecule has 0 fully saturated rings. The quantitative estimate of drug-likeness (QED) is 0.171. The number of imidazole rings is 1. The summed E-state index contributed by atoms with van der Waals surface area (Å²) in [6.07, 6.45) is 5.69. The summed E-state index contributed by atoms with van der Waals surface area (Å²) < 4.78 is 2.11. The maximum Gasteiger partial charge on any atom is 0.148 e. The normalized spacial score (nSPS) is 11.1. The minimum absolute atomic E-state index is 0. The molecule has 5 heteroatoms. The molecule has 245 valence electrons. The predicted octanol–water partition coefficient (Wildman–Crippen LogP) is 11.2. The number of fused-ring (bicyclic) bond motifs is 1. The third-order valence-electron chi connectivity index (χ3n) is 8.65. The van der Waals surface area contributed by atoms with Crippen LogP contribution >= 0.6 is 0 Å². The van der Waals surface area contributed by atoms with E-state index in [1.807, 2.05) is 30.6 Å². The fraction of sp³-hybridized carbons (Fsp3) is 0.286. The second kappa shape index (κ2) is 15.2. The molecule has 1 N–H and O–H groups in total. The number of nitrogens with zero attached hydrogens (tertiary/aromatic N) is 3. The van der Waals surface area contributed by atoms with Gasteiger partial charge >= 0.3 is 0 Å². The smallest absolute Gasteiger partial charge is 0.148 e. The van der Waals surface area contributed by atoms with Gasteiger partial charge in [0.1, 0.15) is 11.6 Å². The largest absolute Gasteiger partial charge is 0.507 e. The van der Waals surface area contributed by atoms with Crippen LogP contribution in [-0.4, -0.2) is 19.6 Å². The van der Waals surface area contributed by atoms with Crippen molar-refractivity contribution in [3.63, 3.8) is 0 Å². The molecule has 0 amide bonds. The zero-order valence-electron chi connectivity index (χ0n) is 29.0. The summed E-state index contributed by atoms with van der Waals surface area (Å²) in [7, 11) is 0. The zero-order chi connectivity index (χ0) is 33.1. The molecule has 0 aliphatic heterocycles. The van der Waals surface area contributed by atoms with Crippen LogP contribution in [0.15, 0.2) is 91.4 Å². The van der Waals surface area contributed by atoms with E-state index in [0.29, 0.717) is 17.8 Å². The minimum Gasteiger partial charge on any atom is -0.507 e. The molecular formula is C42H46IrN3O-. The van der Waals surface area contributed by atoms with Gasteiger partial charge in [0.2, 0.25) is 0 Å². The number of hydrogen-bond donors (Lipinski definition) is 1. The average Bonchev–Trinajstić information content (AvgIpc) is 3.50. The van der Waals surface area contributed by atoms with E-state index in [1.165, 1.54) is 44.3 Å². The van der Waals surface area contributed by atoms with Crippen LogP contribution in [0.25, 0.3) is 39.1 Å². The topological polar surface area (TPSA) is 50.9 Å². The Bertz CT molecular complexity index is 1940. The number of aromatic hydroxyl groups is 1. The molecule has 0 atom stereocenters. The zero-order valence-corrected chi connectivity index (χ0v) is 31.4.